The molecule has 0 atom stereocenters. The lowest BCUT2D eigenvalue weighted by atomic mass is 10.3. The van der Waals surface area contributed by atoms with Gasteiger partial charge in [-0.15, -0.1) is 0 Å². The van der Waals surface area contributed by atoms with Gasteiger partial charge in [0, 0.05) is 26.0 Å². The summed E-state index contributed by atoms with van der Waals surface area (Å²) >= 11 is 0. The van der Waals surface area contributed by atoms with Gasteiger partial charge in [0.1, 0.15) is 0 Å². The molecule has 0 amide bonds. The summed E-state index contributed by atoms with van der Waals surface area (Å²) in [6, 6.07) is 0. The first kappa shape index (κ1) is 11.1. The fourth-order valence-corrected chi connectivity index (χ4v) is 1.05. The average molecular weight is 199 g/mol. The number of rotatable bonds is 6. The average Bonchev–Trinajstić information content (AvgIpc) is 2.59. The van der Waals surface area contributed by atoms with Gasteiger partial charge in [0.25, 0.3) is 0 Å². The number of hydrogen-bond donors (Lipinski definition) is 1. The van der Waals surface area contributed by atoms with E-state index in [4.69, 9.17) is 9.63 Å². The third-order valence-electron chi connectivity index (χ3n) is 1.84. The maximum Gasteiger partial charge on any atom is 0.226 e. The minimum absolute atomic E-state index is 0.162. The van der Waals surface area contributed by atoms with Crippen molar-refractivity contribution < 1.29 is 9.63 Å². The largest absolute Gasteiger partial charge is 0.396 e. The number of hydrogen-bond acceptors (Lipinski definition) is 5. The summed E-state index contributed by atoms with van der Waals surface area (Å²) in [5, 5.41) is 12.5. The first-order valence-corrected chi connectivity index (χ1v) is 4.79. The number of aliphatic hydroxyl groups is 1. The molecule has 1 aromatic rings. The van der Waals surface area contributed by atoms with E-state index >= 15 is 0 Å². The Labute approximate surface area is 83.7 Å². The highest BCUT2D eigenvalue weighted by Gasteiger charge is 2.05. The molecule has 0 aliphatic heterocycles. The van der Waals surface area contributed by atoms with Crippen LogP contribution in [0.2, 0.25) is 0 Å². The highest BCUT2D eigenvalue weighted by molar-refractivity contribution is 4.87. The van der Waals surface area contributed by atoms with E-state index in [9.17, 15) is 0 Å². The fourth-order valence-electron chi connectivity index (χ4n) is 1.05. The summed E-state index contributed by atoms with van der Waals surface area (Å²) in [6.45, 7) is 1.08. The molecule has 0 fully saturated rings. The quantitative estimate of drug-likeness (QED) is 0.704. The lowest BCUT2D eigenvalue weighted by molar-refractivity contribution is 0.278. The van der Waals surface area contributed by atoms with Crippen molar-refractivity contribution in [3.8, 4) is 0 Å². The van der Waals surface area contributed by atoms with Crippen molar-refractivity contribution in [3.63, 3.8) is 0 Å². The van der Waals surface area contributed by atoms with Crippen LogP contribution in [0.15, 0.2) is 4.52 Å². The van der Waals surface area contributed by atoms with Crippen LogP contribution in [0.5, 0.6) is 0 Å². The lowest BCUT2D eigenvalue weighted by Gasteiger charge is -2.05. The molecule has 0 radical (unpaired) electrons. The van der Waals surface area contributed by atoms with Gasteiger partial charge in [-0.25, -0.2) is 0 Å². The first-order valence-electron chi connectivity index (χ1n) is 4.79. The van der Waals surface area contributed by atoms with Gasteiger partial charge in [-0.3, -0.25) is 0 Å². The van der Waals surface area contributed by atoms with Crippen LogP contribution in [0.1, 0.15) is 18.1 Å². The summed E-state index contributed by atoms with van der Waals surface area (Å²) < 4.78 is 5.01. The number of aryl methyl sites for hydroxylation is 1. The molecule has 1 rings (SSSR count). The van der Waals surface area contributed by atoms with Gasteiger partial charge in [-0.2, -0.15) is 4.98 Å². The van der Waals surface area contributed by atoms with Gasteiger partial charge >= 0.3 is 0 Å². The van der Waals surface area contributed by atoms with Crippen LogP contribution in [0.4, 0.5) is 0 Å². The summed E-state index contributed by atoms with van der Waals surface area (Å²) in [7, 11) is 4.01. The van der Waals surface area contributed by atoms with Crippen LogP contribution in [0, 0.1) is 0 Å². The van der Waals surface area contributed by atoms with Crippen molar-refractivity contribution in [2.24, 2.45) is 0 Å². The third-order valence-corrected chi connectivity index (χ3v) is 1.84. The molecule has 1 aromatic heterocycles. The van der Waals surface area contributed by atoms with Gasteiger partial charge in [0.05, 0.1) is 0 Å². The highest BCUT2D eigenvalue weighted by Crippen LogP contribution is 2.01. The Morgan fingerprint density at radius 1 is 1.36 bits per heavy atom. The van der Waals surface area contributed by atoms with Crippen LogP contribution < -0.4 is 0 Å². The second-order valence-corrected chi connectivity index (χ2v) is 3.48. The predicted octanol–water partition coefficient (Wildman–Crippen LogP) is 0.0986. The normalized spacial score (nSPS) is 11.1. The van der Waals surface area contributed by atoms with Crippen LogP contribution in [0.25, 0.3) is 0 Å². The van der Waals surface area contributed by atoms with Crippen molar-refractivity contribution in [3.05, 3.63) is 11.7 Å². The Morgan fingerprint density at radius 2 is 2.14 bits per heavy atom. The van der Waals surface area contributed by atoms with Crippen LogP contribution >= 0.6 is 0 Å². The Bertz CT molecular complexity index is 260. The standard InChI is InChI=1S/C9H17N3O2/c1-12(2)6-5-8-10-9(14-11-8)4-3-7-13/h13H,3-7H2,1-2H3. The molecule has 0 aliphatic rings. The molecule has 1 heterocycles. The van der Waals surface area contributed by atoms with E-state index in [-0.39, 0.29) is 6.61 Å². The maximum atomic E-state index is 8.61. The van der Waals surface area contributed by atoms with Crippen molar-refractivity contribution in [2.45, 2.75) is 19.3 Å². The minimum Gasteiger partial charge on any atom is -0.396 e. The Hall–Kier alpha value is -0.940. The van der Waals surface area contributed by atoms with E-state index in [1.54, 1.807) is 0 Å². The second kappa shape index (κ2) is 5.72. The Kier molecular flexibility index (Phi) is 4.55. The molecule has 0 bridgehead atoms. The topological polar surface area (TPSA) is 62.4 Å². The van der Waals surface area contributed by atoms with Gasteiger partial charge in [0.2, 0.25) is 5.89 Å². The van der Waals surface area contributed by atoms with Gasteiger partial charge in [-0.1, -0.05) is 5.16 Å². The van der Waals surface area contributed by atoms with Crippen molar-refractivity contribution in [2.75, 3.05) is 27.2 Å². The molecule has 1 N–H and O–H groups in total. The summed E-state index contributed by atoms with van der Waals surface area (Å²) in [6.07, 6.45) is 2.14. The minimum atomic E-state index is 0.162. The fraction of sp³-hybridized carbons (Fsp3) is 0.778. The van der Waals surface area contributed by atoms with E-state index in [1.807, 2.05) is 14.1 Å². The number of aromatic nitrogens is 2. The molecule has 0 aliphatic carbocycles. The molecule has 0 aromatic carbocycles. The number of likely N-dealkylation sites (N-methyl/N-ethyl adjacent to an activating group) is 1. The molecule has 14 heavy (non-hydrogen) atoms. The zero-order chi connectivity index (χ0) is 10.4. The molecule has 80 valence electrons. The molecule has 0 saturated carbocycles. The zero-order valence-corrected chi connectivity index (χ0v) is 8.73. The Balaban J connectivity index is 2.35. The number of nitrogens with zero attached hydrogens (tertiary/aromatic N) is 3. The predicted molar refractivity (Wildman–Crippen MR) is 52.0 cm³/mol. The SMILES string of the molecule is CN(C)CCc1noc(CCCO)n1. The van der Waals surface area contributed by atoms with Crippen LogP contribution in [0.3, 0.4) is 0 Å². The number of aliphatic hydroxyl groups excluding tert-OH is 1. The lowest BCUT2D eigenvalue weighted by Crippen LogP contribution is -2.15. The van der Waals surface area contributed by atoms with E-state index in [1.165, 1.54) is 0 Å². The zero-order valence-electron chi connectivity index (χ0n) is 8.73. The molecular formula is C9H17N3O2. The van der Waals surface area contributed by atoms with Gasteiger partial charge < -0.3 is 14.5 Å². The smallest absolute Gasteiger partial charge is 0.226 e. The van der Waals surface area contributed by atoms with Gasteiger partial charge in [-0.05, 0) is 20.5 Å². The van der Waals surface area contributed by atoms with Crippen molar-refractivity contribution >= 4 is 0 Å². The molecule has 0 unspecified atom stereocenters. The van der Waals surface area contributed by atoms with E-state index in [2.05, 4.69) is 15.0 Å². The van der Waals surface area contributed by atoms with E-state index in [0.717, 1.165) is 18.8 Å². The molecule has 5 nitrogen and oxygen atoms in total. The van der Waals surface area contributed by atoms with Crippen LogP contribution in [-0.2, 0) is 12.8 Å². The molecule has 0 saturated heterocycles. The van der Waals surface area contributed by atoms with Crippen molar-refractivity contribution in [1.82, 2.24) is 15.0 Å². The summed E-state index contributed by atoms with van der Waals surface area (Å²) in [5.74, 6) is 1.36. The Morgan fingerprint density at radius 3 is 2.79 bits per heavy atom. The molecular weight excluding hydrogens is 182 g/mol. The van der Waals surface area contributed by atoms with Crippen molar-refractivity contribution in [1.29, 1.82) is 0 Å². The third kappa shape index (κ3) is 3.85. The molecule has 0 spiro atoms. The maximum absolute atomic E-state index is 8.61. The second-order valence-electron chi connectivity index (χ2n) is 3.48. The van der Waals surface area contributed by atoms with Crippen LogP contribution in [-0.4, -0.2) is 47.4 Å². The summed E-state index contributed by atoms with van der Waals surface area (Å²) in [5.41, 5.74) is 0. The highest BCUT2D eigenvalue weighted by atomic mass is 16.5. The van der Waals surface area contributed by atoms with E-state index in [0.29, 0.717) is 18.7 Å². The van der Waals surface area contributed by atoms with E-state index < -0.39 is 0 Å². The van der Waals surface area contributed by atoms with Gasteiger partial charge in [0.15, 0.2) is 5.82 Å². The summed E-state index contributed by atoms with van der Waals surface area (Å²) in [4.78, 5) is 6.28. The first-order chi connectivity index (χ1) is 6.72. The monoisotopic (exact) mass is 199 g/mol. The molecule has 5 heteroatoms.